The molecular weight excluding hydrogens is 362 g/mol. The lowest BCUT2D eigenvalue weighted by atomic mass is 9.78. The monoisotopic (exact) mass is 387 g/mol. The molecule has 2 atom stereocenters. The number of hydrogen-bond acceptors (Lipinski definition) is 3. The summed E-state index contributed by atoms with van der Waals surface area (Å²) in [5.74, 6) is 1.73. The number of anilines is 1. The number of carbonyl (C=O) groups excluding carboxylic acids is 1. The van der Waals surface area contributed by atoms with Gasteiger partial charge in [0.2, 0.25) is 5.91 Å². The fourth-order valence-corrected chi connectivity index (χ4v) is 4.01. The molecule has 4 rings (SSSR count). The highest BCUT2D eigenvalue weighted by Gasteiger charge is 2.48. The Balaban J connectivity index is 1.60. The van der Waals surface area contributed by atoms with E-state index in [0.717, 1.165) is 35.6 Å². The smallest absolute Gasteiger partial charge is 0.233 e. The second-order valence-corrected chi connectivity index (χ2v) is 7.26. The fourth-order valence-electron chi connectivity index (χ4n) is 4.01. The first-order valence-corrected chi connectivity index (χ1v) is 9.86. The van der Waals surface area contributed by atoms with Gasteiger partial charge in [-0.3, -0.25) is 4.79 Å². The number of nitrogens with zero attached hydrogens (tertiary/aromatic N) is 1. The minimum atomic E-state index is -0.0364. The first-order chi connectivity index (χ1) is 14.2. The van der Waals surface area contributed by atoms with Crippen LogP contribution in [0.2, 0.25) is 0 Å². The highest BCUT2D eigenvalue weighted by atomic mass is 16.5. The van der Waals surface area contributed by atoms with Crippen LogP contribution in [0.4, 0.5) is 5.69 Å². The van der Waals surface area contributed by atoms with Crippen molar-refractivity contribution in [1.82, 2.24) is 0 Å². The van der Waals surface area contributed by atoms with Crippen molar-refractivity contribution < 1.29 is 14.3 Å². The molecule has 1 amide bonds. The number of aryl methyl sites for hydroxylation is 1. The van der Waals surface area contributed by atoms with Crippen LogP contribution in [0.5, 0.6) is 11.5 Å². The van der Waals surface area contributed by atoms with Crippen LogP contribution >= 0.6 is 0 Å². The maximum atomic E-state index is 13.1. The SMILES string of the molecule is COc1ccc([C@H]2[C@@H](CCc3ccccc3)C(=O)N2c2ccc(OC)cc2)cc1. The number of hydrogen-bond donors (Lipinski definition) is 0. The first-order valence-electron chi connectivity index (χ1n) is 9.86. The molecule has 4 nitrogen and oxygen atoms in total. The molecule has 0 N–H and O–H groups in total. The van der Waals surface area contributed by atoms with E-state index < -0.39 is 0 Å². The zero-order valence-electron chi connectivity index (χ0n) is 16.7. The molecule has 0 unspecified atom stereocenters. The molecule has 29 heavy (non-hydrogen) atoms. The summed E-state index contributed by atoms with van der Waals surface area (Å²) in [5, 5.41) is 0. The highest BCUT2D eigenvalue weighted by molar-refractivity contribution is 6.03. The van der Waals surface area contributed by atoms with Crippen LogP contribution in [-0.2, 0) is 11.2 Å². The Morgan fingerprint density at radius 2 is 1.38 bits per heavy atom. The van der Waals surface area contributed by atoms with Gasteiger partial charge >= 0.3 is 0 Å². The third-order valence-electron chi connectivity index (χ3n) is 5.61. The largest absolute Gasteiger partial charge is 0.497 e. The second-order valence-electron chi connectivity index (χ2n) is 7.26. The molecular formula is C25H25NO3. The summed E-state index contributed by atoms with van der Waals surface area (Å²) in [4.78, 5) is 15.0. The summed E-state index contributed by atoms with van der Waals surface area (Å²) in [6.07, 6.45) is 1.71. The van der Waals surface area contributed by atoms with Gasteiger partial charge in [-0.25, -0.2) is 0 Å². The lowest BCUT2D eigenvalue weighted by Gasteiger charge is -2.47. The molecule has 0 bridgehead atoms. The predicted molar refractivity (Wildman–Crippen MR) is 114 cm³/mol. The van der Waals surface area contributed by atoms with Crippen molar-refractivity contribution in [1.29, 1.82) is 0 Å². The number of amides is 1. The molecule has 0 radical (unpaired) electrons. The van der Waals surface area contributed by atoms with Crippen LogP contribution in [0.1, 0.15) is 23.6 Å². The molecule has 0 saturated carbocycles. The van der Waals surface area contributed by atoms with Crippen LogP contribution < -0.4 is 14.4 Å². The van der Waals surface area contributed by atoms with Crippen molar-refractivity contribution in [3.05, 3.63) is 90.0 Å². The van der Waals surface area contributed by atoms with E-state index in [1.807, 2.05) is 59.5 Å². The van der Waals surface area contributed by atoms with E-state index >= 15 is 0 Å². The van der Waals surface area contributed by atoms with Gasteiger partial charge in [-0.1, -0.05) is 42.5 Å². The number of rotatable bonds is 7. The molecule has 0 aliphatic carbocycles. The van der Waals surface area contributed by atoms with Gasteiger partial charge in [0.1, 0.15) is 11.5 Å². The zero-order valence-corrected chi connectivity index (χ0v) is 16.7. The summed E-state index contributed by atoms with van der Waals surface area (Å²) in [5.41, 5.74) is 3.28. The predicted octanol–water partition coefficient (Wildman–Crippen LogP) is 5.04. The average molecular weight is 387 g/mol. The lowest BCUT2D eigenvalue weighted by Crippen LogP contribution is -2.55. The van der Waals surface area contributed by atoms with Gasteiger partial charge in [-0.05, 0) is 60.4 Å². The minimum absolute atomic E-state index is 0.0190. The highest BCUT2D eigenvalue weighted by Crippen LogP contribution is 2.46. The van der Waals surface area contributed by atoms with Crippen molar-refractivity contribution >= 4 is 11.6 Å². The Morgan fingerprint density at radius 3 is 1.97 bits per heavy atom. The van der Waals surface area contributed by atoms with Crippen LogP contribution in [0, 0.1) is 5.92 Å². The Kier molecular flexibility index (Phi) is 5.52. The standard InChI is InChI=1S/C25H25NO3/c1-28-21-13-9-19(10-14-21)24-23(17-8-18-6-4-3-5-7-18)25(27)26(24)20-11-15-22(29-2)16-12-20/h3-7,9-16,23-24H,8,17H2,1-2H3/t23-,24+/m1/s1. The van der Waals surface area contributed by atoms with E-state index in [9.17, 15) is 4.79 Å². The van der Waals surface area contributed by atoms with E-state index in [0.29, 0.717) is 0 Å². The Morgan fingerprint density at radius 1 is 0.793 bits per heavy atom. The van der Waals surface area contributed by atoms with Gasteiger partial charge < -0.3 is 14.4 Å². The van der Waals surface area contributed by atoms with E-state index in [-0.39, 0.29) is 17.9 Å². The topological polar surface area (TPSA) is 38.8 Å². The van der Waals surface area contributed by atoms with Crippen molar-refractivity contribution in [2.75, 3.05) is 19.1 Å². The molecule has 148 valence electrons. The number of methoxy groups -OCH3 is 2. The molecule has 1 saturated heterocycles. The summed E-state index contributed by atoms with van der Waals surface area (Å²) in [7, 11) is 3.30. The fraction of sp³-hybridized carbons (Fsp3) is 0.240. The molecule has 1 aliphatic rings. The van der Waals surface area contributed by atoms with Gasteiger partial charge in [-0.2, -0.15) is 0 Å². The van der Waals surface area contributed by atoms with Crippen LogP contribution in [0.15, 0.2) is 78.9 Å². The molecule has 1 heterocycles. The number of ether oxygens (including phenoxy) is 2. The number of β-lactam (4-membered cyclic amide) rings is 1. The molecule has 0 aromatic heterocycles. The summed E-state index contributed by atoms with van der Waals surface area (Å²) in [6, 6.07) is 26.1. The van der Waals surface area contributed by atoms with E-state index in [4.69, 9.17) is 9.47 Å². The van der Waals surface area contributed by atoms with E-state index in [1.165, 1.54) is 5.56 Å². The van der Waals surface area contributed by atoms with Gasteiger partial charge in [-0.15, -0.1) is 0 Å². The summed E-state index contributed by atoms with van der Waals surface area (Å²) in [6.45, 7) is 0. The quantitative estimate of drug-likeness (QED) is 0.533. The van der Waals surface area contributed by atoms with Gasteiger partial charge in [0.25, 0.3) is 0 Å². The number of benzene rings is 3. The third-order valence-corrected chi connectivity index (χ3v) is 5.61. The van der Waals surface area contributed by atoms with E-state index in [2.05, 4.69) is 24.3 Å². The average Bonchev–Trinajstić information content (AvgIpc) is 2.78. The van der Waals surface area contributed by atoms with Crippen molar-refractivity contribution in [3.8, 4) is 11.5 Å². The van der Waals surface area contributed by atoms with Gasteiger partial charge in [0.15, 0.2) is 0 Å². The maximum Gasteiger partial charge on any atom is 0.233 e. The summed E-state index contributed by atoms with van der Waals surface area (Å²) < 4.78 is 10.6. The maximum absolute atomic E-state index is 13.1. The van der Waals surface area contributed by atoms with E-state index in [1.54, 1.807) is 14.2 Å². The van der Waals surface area contributed by atoms with Crippen LogP contribution in [-0.4, -0.2) is 20.1 Å². The summed E-state index contributed by atoms with van der Waals surface area (Å²) >= 11 is 0. The molecule has 1 fully saturated rings. The molecule has 3 aromatic carbocycles. The Labute approximate surface area is 171 Å². The van der Waals surface area contributed by atoms with Gasteiger partial charge in [0, 0.05) is 5.69 Å². The third kappa shape index (κ3) is 3.83. The molecule has 0 spiro atoms. The normalized spacial score (nSPS) is 18.3. The van der Waals surface area contributed by atoms with Crippen LogP contribution in [0.3, 0.4) is 0 Å². The van der Waals surface area contributed by atoms with Crippen molar-refractivity contribution in [2.45, 2.75) is 18.9 Å². The zero-order chi connectivity index (χ0) is 20.2. The Bertz CT molecular complexity index is 952. The van der Waals surface area contributed by atoms with Gasteiger partial charge in [0.05, 0.1) is 26.2 Å². The molecule has 4 heteroatoms. The van der Waals surface area contributed by atoms with Crippen LogP contribution in [0.25, 0.3) is 0 Å². The first kappa shape index (κ1) is 19.1. The van der Waals surface area contributed by atoms with Crippen molar-refractivity contribution in [3.63, 3.8) is 0 Å². The Hall–Kier alpha value is -3.27. The lowest BCUT2D eigenvalue weighted by molar-refractivity contribution is -0.130. The minimum Gasteiger partial charge on any atom is -0.497 e. The second kappa shape index (κ2) is 8.39. The number of carbonyl (C=O) groups is 1. The van der Waals surface area contributed by atoms with Crippen molar-refractivity contribution in [2.24, 2.45) is 5.92 Å². The molecule has 1 aliphatic heterocycles. The molecule has 3 aromatic rings.